The van der Waals surface area contributed by atoms with Crippen LogP contribution in [0.2, 0.25) is 0 Å². The predicted molar refractivity (Wildman–Crippen MR) is 70.0 cm³/mol. The van der Waals surface area contributed by atoms with Gasteiger partial charge in [0.05, 0.1) is 17.7 Å². The lowest BCUT2D eigenvalue weighted by atomic mass is 10.1. The summed E-state index contributed by atoms with van der Waals surface area (Å²) in [6.45, 7) is 0. The molecule has 0 aliphatic carbocycles. The summed E-state index contributed by atoms with van der Waals surface area (Å²) in [7, 11) is 0. The minimum Gasteiger partial charge on any atom is -0.411 e. The van der Waals surface area contributed by atoms with Crippen molar-refractivity contribution in [1.82, 2.24) is 10.2 Å². The topological polar surface area (TPSA) is 86.5 Å². The van der Waals surface area contributed by atoms with Crippen molar-refractivity contribution in [3.8, 4) is 23.6 Å². The molecule has 0 fully saturated rings. The highest BCUT2D eigenvalue weighted by molar-refractivity contribution is 7.99. The standard InChI is InChI=1S/C13H10N4OS/c14-7-1-2-8-19-13-17-16-12(18-13)11-5-3-10(9-15)4-6-11/h3-6H,1-2,8H2. The molecule has 0 N–H and O–H groups in total. The molecule has 1 heterocycles. The second-order valence-corrected chi connectivity index (χ2v) is 4.72. The first-order valence-corrected chi connectivity index (χ1v) is 6.66. The third kappa shape index (κ3) is 3.57. The molecule has 0 saturated heterocycles. The van der Waals surface area contributed by atoms with Crippen molar-refractivity contribution in [2.24, 2.45) is 0 Å². The van der Waals surface area contributed by atoms with Crippen molar-refractivity contribution in [3.05, 3.63) is 29.8 Å². The molecule has 0 aliphatic rings. The maximum atomic E-state index is 8.72. The van der Waals surface area contributed by atoms with Crippen LogP contribution in [0.3, 0.4) is 0 Å². The van der Waals surface area contributed by atoms with E-state index in [-0.39, 0.29) is 0 Å². The normalized spacial score (nSPS) is 9.79. The van der Waals surface area contributed by atoms with Gasteiger partial charge in [0.15, 0.2) is 0 Å². The second-order valence-electron chi connectivity index (χ2n) is 3.67. The molecule has 6 heteroatoms. The third-order valence-electron chi connectivity index (χ3n) is 2.33. The molecule has 0 atom stereocenters. The molecular weight excluding hydrogens is 260 g/mol. The molecule has 0 unspecified atom stereocenters. The lowest BCUT2D eigenvalue weighted by molar-refractivity contribution is 0.466. The van der Waals surface area contributed by atoms with E-state index in [0.717, 1.165) is 17.7 Å². The Morgan fingerprint density at radius 2 is 1.95 bits per heavy atom. The molecule has 5 nitrogen and oxygen atoms in total. The van der Waals surface area contributed by atoms with Gasteiger partial charge in [-0.05, 0) is 30.7 Å². The SMILES string of the molecule is N#CCCCSc1nnc(-c2ccc(C#N)cc2)o1. The van der Waals surface area contributed by atoms with E-state index in [1.807, 2.05) is 0 Å². The van der Waals surface area contributed by atoms with Gasteiger partial charge in [-0.25, -0.2) is 0 Å². The number of aromatic nitrogens is 2. The van der Waals surface area contributed by atoms with Gasteiger partial charge in [0.25, 0.3) is 5.22 Å². The van der Waals surface area contributed by atoms with E-state index in [9.17, 15) is 0 Å². The van der Waals surface area contributed by atoms with Crippen LogP contribution < -0.4 is 0 Å². The van der Waals surface area contributed by atoms with Crippen LogP contribution in [0, 0.1) is 22.7 Å². The van der Waals surface area contributed by atoms with Gasteiger partial charge in [0.1, 0.15) is 0 Å². The summed E-state index contributed by atoms with van der Waals surface area (Å²) in [5.74, 6) is 1.22. The van der Waals surface area contributed by atoms with Crippen molar-refractivity contribution in [2.75, 3.05) is 5.75 Å². The Hall–Kier alpha value is -2.31. The first-order valence-electron chi connectivity index (χ1n) is 5.67. The number of unbranched alkanes of at least 4 members (excludes halogenated alkanes) is 1. The summed E-state index contributed by atoms with van der Waals surface area (Å²) < 4.78 is 5.50. The Morgan fingerprint density at radius 3 is 2.63 bits per heavy atom. The Morgan fingerprint density at radius 1 is 1.16 bits per heavy atom. The van der Waals surface area contributed by atoms with Gasteiger partial charge < -0.3 is 4.42 Å². The summed E-state index contributed by atoms with van der Waals surface area (Å²) in [5.41, 5.74) is 1.38. The van der Waals surface area contributed by atoms with Crippen molar-refractivity contribution in [1.29, 1.82) is 10.5 Å². The molecular formula is C13H10N4OS. The van der Waals surface area contributed by atoms with E-state index in [1.165, 1.54) is 11.8 Å². The lowest BCUT2D eigenvalue weighted by Gasteiger charge is -1.94. The second kappa shape index (κ2) is 6.58. The molecule has 94 valence electrons. The summed E-state index contributed by atoms with van der Waals surface area (Å²) in [4.78, 5) is 0. The van der Waals surface area contributed by atoms with Crippen LogP contribution in [0.15, 0.2) is 33.9 Å². The van der Waals surface area contributed by atoms with Crippen LogP contribution in [0.1, 0.15) is 18.4 Å². The average molecular weight is 270 g/mol. The zero-order chi connectivity index (χ0) is 13.5. The summed E-state index contributed by atoms with van der Waals surface area (Å²) >= 11 is 1.44. The zero-order valence-corrected chi connectivity index (χ0v) is 10.9. The fourth-order valence-electron chi connectivity index (χ4n) is 1.38. The van der Waals surface area contributed by atoms with Crippen molar-refractivity contribution >= 4 is 11.8 Å². The Labute approximate surface area is 114 Å². The minimum atomic E-state index is 0.437. The van der Waals surface area contributed by atoms with Crippen LogP contribution in [0.5, 0.6) is 0 Å². The number of benzene rings is 1. The quantitative estimate of drug-likeness (QED) is 0.613. The number of thioether (sulfide) groups is 1. The van der Waals surface area contributed by atoms with E-state index in [1.54, 1.807) is 24.3 Å². The number of hydrogen-bond acceptors (Lipinski definition) is 6. The van der Waals surface area contributed by atoms with Crippen molar-refractivity contribution in [2.45, 2.75) is 18.1 Å². The molecule has 0 spiro atoms. The van der Waals surface area contributed by atoms with E-state index < -0.39 is 0 Å². The highest BCUT2D eigenvalue weighted by atomic mass is 32.2. The van der Waals surface area contributed by atoms with Crippen LogP contribution in [-0.2, 0) is 0 Å². The molecule has 0 aliphatic heterocycles. The molecule has 0 radical (unpaired) electrons. The van der Waals surface area contributed by atoms with E-state index >= 15 is 0 Å². The van der Waals surface area contributed by atoms with Crippen LogP contribution >= 0.6 is 11.8 Å². The highest BCUT2D eigenvalue weighted by Crippen LogP contribution is 2.23. The van der Waals surface area contributed by atoms with Crippen LogP contribution in [0.4, 0.5) is 0 Å². The van der Waals surface area contributed by atoms with Gasteiger partial charge in [0, 0.05) is 17.7 Å². The molecule has 0 saturated carbocycles. The van der Waals surface area contributed by atoms with Gasteiger partial charge in [-0.15, -0.1) is 10.2 Å². The van der Waals surface area contributed by atoms with Crippen molar-refractivity contribution < 1.29 is 4.42 Å². The van der Waals surface area contributed by atoms with Crippen molar-refractivity contribution in [3.63, 3.8) is 0 Å². The molecule has 2 rings (SSSR count). The first kappa shape index (κ1) is 13.1. The van der Waals surface area contributed by atoms with Gasteiger partial charge in [-0.2, -0.15) is 10.5 Å². The number of nitriles is 2. The fraction of sp³-hybridized carbons (Fsp3) is 0.231. The summed E-state index contributed by atoms with van der Waals surface area (Å²) in [6, 6.07) is 11.1. The maximum absolute atomic E-state index is 8.72. The molecule has 2 aromatic rings. The van der Waals surface area contributed by atoms with Gasteiger partial charge >= 0.3 is 0 Å². The molecule has 1 aromatic heterocycles. The smallest absolute Gasteiger partial charge is 0.276 e. The Kier molecular flexibility index (Phi) is 4.54. The Balaban J connectivity index is 2.00. The van der Waals surface area contributed by atoms with Gasteiger partial charge in [0.2, 0.25) is 5.89 Å². The number of nitrogens with zero attached hydrogens (tertiary/aromatic N) is 4. The predicted octanol–water partition coefficient (Wildman–Crippen LogP) is 3.00. The highest BCUT2D eigenvalue weighted by Gasteiger charge is 2.08. The van der Waals surface area contributed by atoms with E-state index in [2.05, 4.69) is 22.3 Å². The van der Waals surface area contributed by atoms with E-state index in [4.69, 9.17) is 14.9 Å². The molecule has 1 aromatic carbocycles. The van der Waals surface area contributed by atoms with Gasteiger partial charge in [-0.3, -0.25) is 0 Å². The van der Waals surface area contributed by atoms with Crippen LogP contribution in [-0.4, -0.2) is 16.0 Å². The molecule has 0 amide bonds. The third-order valence-corrected chi connectivity index (χ3v) is 3.23. The maximum Gasteiger partial charge on any atom is 0.276 e. The van der Waals surface area contributed by atoms with Gasteiger partial charge in [-0.1, -0.05) is 11.8 Å². The lowest BCUT2D eigenvalue weighted by Crippen LogP contribution is -1.79. The summed E-state index contributed by atoms with van der Waals surface area (Å²) in [5, 5.41) is 25.5. The van der Waals surface area contributed by atoms with Crippen LogP contribution in [0.25, 0.3) is 11.5 Å². The average Bonchev–Trinajstić information content (AvgIpc) is 2.92. The molecule has 19 heavy (non-hydrogen) atoms. The first-order chi connectivity index (χ1) is 9.33. The minimum absolute atomic E-state index is 0.437. The Bertz CT molecular complexity index is 621. The monoisotopic (exact) mass is 270 g/mol. The number of hydrogen-bond donors (Lipinski definition) is 0. The largest absolute Gasteiger partial charge is 0.411 e. The number of rotatable bonds is 5. The fourth-order valence-corrected chi connectivity index (χ4v) is 2.08. The van der Waals surface area contributed by atoms with E-state index in [0.29, 0.717) is 23.1 Å². The summed E-state index contributed by atoms with van der Waals surface area (Å²) in [6.07, 6.45) is 1.33. The zero-order valence-electron chi connectivity index (χ0n) is 10.0. The molecule has 0 bridgehead atoms.